The van der Waals surface area contributed by atoms with Crippen molar-refractivity contribution < 1.29 is 13.2 Å². The zero-order valence-electron chi connectivity index (χ0n) is 10.4. The summed E-state index contributed by atoms with van der Waals surface area (Å²) in [5.74, 6) is 0.388. The number of nitrogens with two attached hydrogens (primary N) is 1. The third-order valence-corrected chi connectivity index (χ3v) is 4.96. The number of methoxy groups -OCH3 is 1. The predicted octanol–water partition coefficient (Wildman–Crippen LogP) is 1.51. The Morgan fingerprint density at radius 1 is 1.41 bits per heavy atom. The molecule has 1 rings (SSSR count). The van der Waals surface area contributed by atoms with Gasteiger partial charge in [0.25, 0.3) is 0 Å². The monoisotopic (exact) mass is 257 g/mol. The Hall–Kier alpha value is -1.07. The minimum atomic E-state index is -3.37. The van der Waals surface area contributed by atoms with E-state index >= 15 is 0 Å². The Bertz CT molecular complexity index is 483. The van der Waals surface area contributed by atoms with E-state index in [1.165, 1.54) is 7.11 Å². The molecule has 1 atom stereocenters. The summed E-state index contributed by atoms with van der Waals surface area (Å²) in [5.41, 5.74) is 6.30. The van der Waals surface area contributed by atoms with Crippen LogP contribution in [0.15, 0.2) is 23.1 Å². The van der Waals surface area contributed by atoms with Gasteiger partial charge < -0.3 is 10.5 Å². The van der Waals surface area contributed by atoms with Crippen LogP contribution in [0.25, 0.3) is 0 Å². The third kappa shape index (κ3) is 2.98. The first-order valence-electron chi connectivity index (χ1n) is 5.52. The fourth-order valence-electron chi connectivity index (χ4n) is 1.61. The van der Waals surface area contributed by atoms with Crippen LogP contribution in [0.4, 0.5) is 0 Å². The van der Waals surface area contributed by atoms with Crippen molar-refractivity contribution in [2.45, 2.75) is 30.4 Å². The van der Waals surface area contributed by atoms with Crippen molar-refractivity contribution in [2.24, 2.45) is 5.73 Å². The average Bonchev–Trinajstić information content (AvgIpc) is 2.29. The van der Waals surface area contributed by atoms with Crippen LogP contribution in [0.2, 0.25) is 0 Å². The lowest BCUT2D eigenvalue weighted by molar-refractivity contribution is 0.402. The first-order chi connectivity index (χ1) is 7.93. The number of sulfone groups is 1. The first-order valence-corrected chi connectivity index (χ1v) is 7.06. The molecule has 0 aliphatic carbocycles. The molecule has 1 aromatic carbocycles. The molecule has 1 unspecified atom stereocenters. The Balaban J connectivity index is 3.27. The van der Waals surface area contributed by atoms with E-state index in [-0.39, 0.29) is 4.90 Å². The molecule has 0 radical (unpaired) electrons. The molecule has 2 N–H and O–H groups in total. The molecule has 0 bridgehead atoms. The maximum atomic E-state index is 12.3. The van der Waals surface area contributed by atoms with Crippen LogP contribution in [0, 0.1) is 6.92 Å². The van der Waals surface area contributed by atoms with Gasteiger partial charge in [-0.1, -0.05) is 6.07 Å². The van der Waals surface area contributed by atoms with E-state index in [9.17, 15) is 8.42 Å². The molecule has 4 nitrogen and oxygen atoms in total. The molecule has 0 spiro atoms. The standard InChI is InChI=1S/C12H19NO3S/c1-9-4-5-11(16-3)12(8-9)17(14,15)10(2)6-7-13/h4-5,8,10H,6-7,13H2,1-3H3. The van der Waals surface area contributed by atoms with Crippen LogP contribution in [0.1, 0.15) is 18.9 Å². The van der Waals surface area contributed by atoms with Crippen LogP contribution < -0.4 is 10.5 Å². The highest BCUT2D eigenvalue weighted by Gasteiger charge is 2.26. The van der Waals surface area contributed by atoms with Crippen molar-refractivity contribution in [2.75, 3.05) is 13.7 Å². The molecule has 17 heavy (non-hydrogen) atoms. The highest BCUT2D eigenvalue weighted by Crippen LogP contribution is 2.28. The fourth-order valence-corrected chi connectivity index (χ4v) is 3.27. The van der Waals surface area contributed by atoms with Gasteiger partial charge in [0.1, 0.15) is 10.6 Å². The van der Waals surface area contributed by atoms with Crippen molar-refractivity contribution in [3.63, 3.8) is 0 Å². The second-order valence-corrected chi connectivity index (χ2v) is 6.42. The molecule has 0 aromatic heterocycles. The van der Waals surface area contributed by atoms with Gasteiger partial charge in [-0.05, 0) is 44.5 Å². The number of aryl methyl sites for hydroxylation is 1. The number of hydrogen-bond acceptors (Lipinski definition) is 4. The van der Waals surface area contributed by atoms with Crippen LogP contribution >= 0.6 is 0 Å². The van der Waals surface area contributed by atoms with Gasteiger partial charge in [0, 0.05) is 0 Å². The van der Waals surface area contributed by atoms with Crippen LogP contribution in [-0.4, -0.2) is 27.3 Å². The smallest absolute Gasteiger partial charge is 0.184 e. The van der Waals surface area contributed by atoms with E-state index in [1.54, 1.807) is 19.1 Å². The largest absolute Gasteiger partial charge is 0.495 e. The molecule has 0 saturated carbocycles. The van der Waals surface area contributed by atoms with E-state index in [4.69, 9.17) is 10.5 Å². The Morgan fingerprint density at radius 2 is 2.06 bits per heavy atom. The van der Waals surface area contributed by atoms with Gasteiger partial charge in [-0.2, -0.15) is 0 Å². The fraction of sp³-hybridized carbons (Fsp3) is 0.500. The van der Waals surface area contributed by atoms with Crippen molar-refractivity contribution in [3.05, 3.63) is 23.8 Å². The summed E-state index contributed by atoms with van der Waals surface area (Å²) < 4.78 is 29.7. The summed E-state index contributed by atoms with van der Waals surface area (Å²) in [7, 11) is -1.90. The molecular formula is C12H19NO3S. The molecule has 0 aliphatic rings. The van der Waals surface area contributed by atoms with E-state index in [1.807, 2.05) is 13.0 Å². The summed E-state index contributed by atoms with van der Waals surface area (Å²) >= 11 is 0. The van der Waals surface area contributed by atoms with Crippen LogP contribution in [0.5, 0.6) is 5.75 Å². The van der Waals surface area contributed by atoms with E-state index < -0.39 is 15.1 Å². The van der Waals surface area contributed by atoms with Crippen molar-refractivity contribution >= 4 is 9.84 Å². The van der Waals surface area contributed by atoms with Crippen molar-refractivity contribution in [1.29, 1.82) is 0 Å². The number of ether oxygens (including phenoxy) is 1. The van der Waals surface area contributed by atoms with Gasteiger partial charge in [0.05, 0.1) is 12.4 Å². The quantitative estimate of drug-likeness (QED) is 0.868. The molecule has 1 aromatic rings. The van der Waals surface area contributed by atoms with Crippen molar-refractivity contribution in [1.82, 2.24) is 0 Å². The number of hydrogen-bond donors (Lipinski definition) is 1. The van der Waals surface area contributed by atoms with Crippen molar-refractivity contribution in [3.8, 4) is 5.75 Å². The summed E-state index contributed by atoms with van der Waals surface area (Å²) in [4.78, 5) is 0.251. The number of benzene rings is 1. The summed E-state index contributed by atoms with van der Waals surface area (Å²) in [6.45, 7) is 3.88. The normalized spacial score (nSPS) is 13.4. The van der Waals surface area contributed by atoms with Gasteiger partial charge in [-0.25, -0.2) is 8.42 Å². The minimum Gasteiger partial charge on any atom is -0.495 e. The maximum absolute atomic E-state index is 12.3. The molecule has 0 fully saturated rings. The van der Waals surface area contributed by atoms with E-state index in [0.29, 0.717) is 18.7 Å². The lowest BCUT2D eigenvalue weighted by Crippen LogP contribution is -2.22. The molecule has 0 aliphatic heterocycles. The molecular weight excluding hydrogens is 238 g/mol. The summed E-state index contributed by atoms with van der Waals surface area (Å²) in [6.07, 6.45) is 0.444. The topological polar surface area (TPSA) is 69.4 Å². The zero-order valence-corrected chi connectivity index (χ0v) is 11.3. The van der Waals surface area contributed by atoms with E-state index in [2.05, 4.69) is 0 Å². The molecule has 0 saturated heterocycles. The molecule has 0 amide bonds. The van der Waals surface area contributed by atoms with Gasteiger partial charge in [0.15, 0.2) is 9.84 Å². The summed E-state index contributed by atoms with van der Waals surface area (Å²) in [6, 6.07) is 5.14. The Kier molecular flexibility index (Phi) is 4.54. The Morgan fingerprint density at radius 3 is 2.59 bits per heavy atom. The van der Waals surface area contributed by atoms with Gasteiger partial charge in [0.2, 0.25) is 0 Å². The zero-order chi connectivity index (χ0) is 13.1. The van der Waals surface area contributed by atoms with E-state index in [0.717, 1.165) is 5.56 Å². The average molecular weight is 257 g/mol. The summed E-state index contributed by atoms with van der Waals surface area (Å²) in [5, 5.41) is -0.497. The van der Waals surface area contributed by atoms with Crippen LogP contribution in [0.3, 0.4) is 0 Å². The van der Waals surface area contributed by atoms with Gasteiger partial charge in [-0.15, -0.1) is 0 Å². The minimum absolute atomic E-state index is 0.251. The maximum Gasteiger partial charge on any atom is 0.184 e. The predicted molar refractivity (Wildman–Crippen MR) is 68.1 cm³/mol. The lowest BCUT2D eigenvalue weighted by atomic mass is 10.2. The number of rotatable bonds is 5. The highest BCUT2D eigenvalue weighted by molar-refractivity contribution is 7.92. The second-order valence-electron chi connectivity index (χ2n) is 4.09. The van der Waals surface area contributed by atoms with Gasteiger partial charge in [-0.3, -0.25) is 0 Å². The van der Waals surface area contributed by atoms with Crippen LogP contribution in [-0.2, 0) is 9.84 Å². The highest BCUT2D eigenvalue weighted by atomic mass is 32.2. The molecule has 0 heterocycles. The lowest BCUT2D eigenvalue weighted by Gasteiger charge is -2.15. The van der Waals surface area contributed by atoms with Gasteiger partial charge >= 0.3 is 0 Å². The second kappa shape index (κ2) is 5.51. The SMILES string of the molecule is COc1ccc(C)cc1S(=O)(=O)C(C)CCN. The third-order valence-electron chi connectivity index (χ3n) is 2.73. The Labute approximate surface area is 103 Å². The first kappa shape index (κ1) is 14.0. The molecule has 5 heteroatoms. The molecule has 96 valence electrons.